The predicted molar refractivity (Wildman–Crippen MR) is 113 cm³/mol. The summed E-state index contributed by atoms with van der Waals surface area (Å²) in [4.78, 5) is 38.9. The number of hydrogen-bond acceptors (Lipinski definition) is 6. The Labute approximate surface area is 182 Å². The molecule has 0 radical (unpaired) electrons. The summed E-state index contributed by atoms with van der Waals surface area (Å²) in [5.41, 5.74) is 0.521. The maximum absolute atomic E-state index is 13.8. The number of anilines is 1. The minimum Gasteiger partial charge on any atom is -0.336 e. The van der Waals surface area contributed by atoms with Gasteiger partial charge in [0.2, 0.25) is 5.91 Å². The topological polar surface area (TPSA) is 104 Å². The number of rotatable bonds is 5. The van der Waals surface area contributed by atoms with E-state index in [0.717, 1.165) is 23.9 Å². The number of nitrogens with zero attached hydrogens (tertiary/aromatic N) is 2. The van der Waals surface area contributed by atoms with Gasteiger partial charge in [-0.05, 0) is 42.8 Å². The monoisotopic (exact) mass is 463 g/mol. The lowest BCUT2D eigenvalue weighted by Gasteiger charge is -2.22. The number of hydrogen-bond donors (Lipinski definition) is 1. The van der Waals surface area contributed by atoms with Gasteiger partial charge in [-0.25, -0.2) is 12.8 Å². The standard InChI is InChI=1S/C20H18FN3O5S2/c21-16-3-1-2-4-17(16)31(28,29)22-14-7-5-13(6-8-14)19(26)23-10-9-15(11-23)24-18(25)12-30-20(24)27/h1-8,15,22H,9-12H2. The number of imide groups is 1. The second kappa shape index (κ2) is 8.31. The molecule has 1 atom stereocenters. The Kier molecular flexibility index (Phi) is 5.71. The van der Waals surface area contributed by atoms with Crippen LogP contribution in [0.4, 0.5) is 14.9 Å². The van der Waals surface area contributed by atoms with Crippen LogP contribution in [0.1, 0.15) is 16.8 Å². The van der Waals surface area contributed by atoms with Crippen molar-refractivity contribution in [2.45, 2.75) is 17.4 Å². The minimum absolute atomic E-state index is 0.132. The molecule has 4 rings (SSSR count). The number of halogens is 1. The van der Waals surface area contributed by atoms with Crippen molar-refractivity contribution in [3.05, 3.63) is 59.9 Å². The summed E-state index contributed by atoms with van der Waals surface area (Å²) >= 11 is 0.966. The van der Waals surface area contributed by atoms with E-state index in [2.05, 4.69) is 4.72 Å². The van der Waals surface area contributed by atoms with E-state index in [1.165, 1.54) is 41.3 Å². The van der Waals surface area contributed by atoms with Crippen LogP contribution >= 0.6 is 11.8 Å². The van der Waals surface area contributed by atoms with Crippen molar-refractivity contribution in [1.82, 2.24) is 9.80 Å². The SMILES string of the molecule is O=C(c1ccc(NS(=O)(=O)c2ccccc2F)cc1)N1CCC(N2C(=O)CSC2=O)C1. The smallest absolute Gasteiger partial charge is 0.289 e. The minimum atomic E-state index is -4.11. The van der Waals surface area contributed by atoms with Gasteiger partial charge in [-0.15, -0.1) is 0 Å². The fraction of sp³-hybridized carbons (Fsp3) is 0.250. The summed E-state index contributed by atoms with van der Waals surface area (Å²) in [7, 11) is -4.11. The molecule has 2 fully saturated rings. The third-order valence-corrected chi connectivity index (χ3v) is 7.36. The first-order valence-electron chi connectivity index (χ1n) is 9.42. The number of carbonyl (C=O) groups excluding carboxylic acids is 3. The number of thioether (sulfide) groups is 1. The molecule has 31 heavy (non-hydrogen) atoms. The molecule has 162 valence electrons. The third kappa shape index (κ3) is 4.28. The lowest BCUT2D eigenvalue weighted by molar-refractivity contribution is -0.126. The first kappa shape index (κ1) is 21.3. The number of amides is 3. The molecule has 2 heterocycles. The zero-order chi connectivity index (χ0) is 22.2. The highest BCUT2D eigenvalue weighted by atomic mass is 32.2. The van der Waals surface area contributed by atoms with Crippen molar-refractivity contribution >= 4 is 44.5 Å². The van der Waals surface area contributed by atoms with Gasteiger partial charge in [-0.2, -0.15) is 0 Å². The molecule has 0 aliphatic carbocycles. The molecule has 0 saturated carbocycles. The van der Waals surface area contributed by atoms with Crippen molar-refractivity contribution in [1.29, 1.82) is 0 Å². The first-order chi connectivity index (χ1) is 14.8. The van der Waals surface area contributed by atoms with Crippen LogP contribution in [-0.2, 0) is 14.8 Å². The summed E-state index contributed by atoms with van der Waals surface area (Å²) in [6.45, 7) is 0.672. The zero-order valence-corrected chi connectivity index (χ0v) is 17.8. The molecular weight excluding hydrogens is 445 g/mol. The van der Waals surface area contributed by atoms with Gasteiger partial charge >= 0.3 is 0 Å². The Morgan fingerprint density at radius 3 is 2.45 bits per heavy atom. The molecular formula is C20H18FN3O5S2. The van der Waals surface area contributed by atoms with E-state index in [1.54, 1.807) is 4.90 Å². The number of likely N-dealkylation sites (tertiary alicyclic amines) is 1. The number of nitrogens with one attached hydrogen (secondary N) is 1. The highest BCUT2D eigenvalue weighted by Gasteiger charge is 2.40. The highest BCUT2D eigenvalue weighted by Crippen LogP contribution is 2.27. The van der Waals surface area contributed by atoms with Gasteiger partial charge in [0.05, 0.1) is 11.8 Å². The molecule has 2 aliphatic heterocycles. The highest BCUT2D eigenvalue weighted by molar-refractivity contribution is 8.14. The van der Waals surface area contributed by atoms with Crippen LogP contribution in [0.2, 0.25) is 0 Å². The first-order valence-corrected chi connectivity index (χ1v) is 11.9. The largest absolute Gasteiger partial charge is 0.336 e. The van der Waals surface area contributed by atoms with Crippen LogP contribution in [0.5, 0.6) is 0 Å². The van der Waals surface area contributed by atoms with Gasteiger partial charge < -0.3 is 4.90 Å². The van der Waals surface area contributed by atoms with Crippen LogP contribution in [-0.4, -0.2) is 60.2 Å². The molecule has 1 N–H and O–H groups in total. The molecule has 8 nitrogen and oxygen atoms in total. The van der Waals surface area contributed by atoms with Gasteiger partial charge in [0, 0.05) is 24.3 Å². The Morgan fingerprint density at radius 2 is 1.81 bits per heavy atom. The van der Waals surface area contributed by atoms with Crippen LogP contribution in [0.3, 0.4) is 0 Å². The Hall–Kier alpha value is -2.92. The number of benzene rings is 2. The van der Waals surface area contributed by atoms with Gasteiger partial charge in [0.15, 0.2) is 0 Å². The molecule has 2 saturated heterocycles. The van der Waals surface area contributed by atoms with Gasteiger partial charge in [-0.3, -0.25) is 24.0 Å². The molecule has 2 aromatic carbocycles. The van der Waals surface area contributed by atoms with Crippen LogP contribution in [0.25, 0.3) is 0 Å². The summed E-state index contributed by atoms with van der Waals surface area (Å²) in [6, 6.07) is 10.5. The van der Waals surface area contributed by atoms with Crippen molar-refractivity contribution < 1.29 is 27.2 Å². The second-order valence-corrected chi connectivity index (χ2v) is 9.70. The van der Waals surface area contributed by atoms with E-state index in [1.807, 2.05) is 0 Å². The molecule has 2 aromatic rings. The van der Waals surface area contributed by atoms with Crippen LogP contribution < -0.4 is 4.72 Å². The van der Waals surface area contributed by atoms with E-state index in [-0.39, 0.29) is 41.1 Å². The van der Waals surface area contributed by atoms with E-state index in [0.29, 0.717) is 18.5 Å². The predicted octanol–water partition coefficient (Wildman–Crippen LogP) is 2.54. The lowest BCUT2D eigenvalue weighted by atomic mass is 10.2. The Morgan fingerprint density at radius 1 is 1.10 bits per heavy atom. The summed E-state index contributed by atoms with van der Waals surface area (Å²) in [5.74, 6) is -1.25. The summed E-state index contributed by atoms with van der Waals surface area (Å²) in [6.07, 6.45) is 0.518. The maximum Gasteiger partial charge on any atom is 0.289 e. The van der Waals surface area contributed by atoms with E-state index >= 15 is 0 Å². The lowest BCUT2D eigenvalue weighted by Crippen LogP contribution is -2.41. The molecule has 1 unspecified atom stereocenters. The third-order valence-electron chi connectivity index (χ3n) is 5.11. The average Bonchev–Trinajstić information content (AvgIpc) is 3.34. The molecule has 11 heteroatoms. The Bertz CT molecular complexity index is 1140. The molecule has 0 aromatic heterocycles. The van der Waals surface area contributed by atoms with E-state index in [4.69, 9.17) is 0 Å². The quantitative estimate of drug-likeness (QED) is 0.731. The molecule has 0 spiro atoms. The van der Waals surface area contributed by atoms with E-state index in [9.17, 15) is 27.2 Å². The normalized spacial score (nSPS) is 19.2. The second-order valence-electron chi connectivity index (χ2n) is 7.13. The fourth-order valence-corrected chi connectivity index (χ4v) is 5.51. The number of carbonyl (C=O) groups is 3. The average molecular weight is 464 g/mol. The van der Waals surface area contributed by atoms with Crippen molar-refractivity contribution in [2.75, 3.05) is 23.6 Å². The van der Waals surface area contributed by atoms with Gasteiger partial charge in [-0.1, -0.05) is 23.9 Å². The van der Waals surface area contributed by atoms with Crippen molar-refractivity contribution in [3.63, 3.8) is 0 Å². The summed E-state index contributed by atoms with van der Waals surface area (Å²) in [5, 5.41) is -0.282. The van der Waals surface area contributed by atoms with Crippen molar-refractivity contribution in [3.8, 4) is 0 Å². The van der Waals surface area contributed by atoms with E-state index < -0.39 is 20.7 Å². The van der Waals surface area contributed by atoms with Gasteiger partial charge in [0.25, 0.3) is 21.2 Å². The van der Waals surface area contributed by atoms with Crippen molar-refractivity contribution in [2.24, 2.45) is 0 Å². The maximum atomic E-state index is 13.8. The van der Waals surface area contributed by atoms with Crippen LogP contribution in [0.15, 0.2) is 53.4 Å². The molecule has 0 bridgehead atoms. The summed E-state index contributed by atoms with van der Waals surface area (Å²) < 4.78 is 40.9. The van der Waals surface area contributed by atoms with Gasteiger partial charge in [0.1, 0.15) is 10.7 Å². The fourth-order valence-electron chi connectivity index (χ4n) is 3.59. The molecule has 2 aliphatic rings. The number of sulfonamides is 1. The zero-order valence-electron chi connectivity index (χ0n) is 16.2. The van der Waals surface area contributed by atoms with Crippen LogP contribution in [0, 0.1) is 5.82 Å². The Balaban J connectivity index is 1.43. The molecule has 3 amide bonds.